The van der Waals surface area contributed by atoms with E-state index in [-0.39, 0.29) is 23.9 Å². The molecular weight excluding hydrogens is 220 g/mol. The number of hydrogen-bond donors (Lipinski definition) is 1. The molecule has 0 aromatic heterocycles. The molecule has 10 heavy (non-hydrogen) atoms. The molecule has 0 aliphatic heterocycles. The molecule has 2 N–H and O–H groups in total. The highest BCUT2D eigenvalue weighted by atomic mass is 79.9. The van der Waals surface area contributed by atoms with Gasteiger partial charge in [0.2, 0.25) is 0 Å². The lowest BCUT2D eigenvalue weighted by Crippen LogP contribution is -1.88. The lowest BCUT2D eigenvalue weighted by Gasteiger charge is -1.93. The van der Waals surface area contributed by atoms with Crippen molar-refractivity contribution in [3.05, 3.63) is 28.5 Å². The molecule has 0 aliphatic rings. The van der Waals surface area contributed by atoms with Gasteiger partial charge in [0.15, 0.2) is 0 Å². The zero-order valence-electron chi connectivity index (χ0n) is 4.97. The molecule has 1 rings (SSSR count). The third-order valence-electron chi connectivity index (χ3n) is 0.962. The van der Waals surface area contributed by atoms with Crippen molar-refractivity contribution in [1.82, 2.24) is 0 Å². The molecule has 1 aromatic rings. The molecule has 1 aromatic carbocycles. The van der Waals surface area contributed by atoms with Gasteiger partial charge in [-0.1, -0.05) is 15.9 Å². The van der Waals surface area contributed by atoms with Crippen molar-refractivity contribution in [1.29, 1.82) is 0 Å². The molecule has 0 saturated carbocycles. The molecule has 0 heterocycles. The van der Waals surface area contributed by atoms with Crippen LogP contribution >= 0.6 is 28.3 Å². The fraction of sp³-hybridized carbons (Fsp3) is 0. The summed E-state index contributed by atoms with van der Waals surface area (Å²) in [6.45, 7) is 0. The summed E-state index contributed by atoms with van der Waals surface area (Å²) in [6.07, 6.45) is 0. The summed E-state index contributed by atoms with van der Waals surface area (Å²) < 4.78 is 13.1. The maximum atomic E-state index is 12.4. The van der Waals surface area contributed by atoms with Crippen LogP contribution in [0.3, 0.4) is 0 Å². The maximum absolute atomic E-state index is 12.4. The van der Waals surface area contributed by atoms with Crippen LogP contribution in [0.5, 0.6) is 0 Å². The second kappa shape index (κ2) is 3.78. The standard InChI is InChI=1S/C6H5BrFN.ClH/c7-4-1-2-6(9)5(8)3-4;/h1-3H,9H2;1H. The topological polar surface area (TPSA) is 26.0 Å². The van der Waals surface area contributed by atoms with E-state index in [0.29, 0.717) is 4.47 Å². The van der Waals surface area contributed by atoms with Crippen LogP contribution in [0.15, 0.2) is 22.7 Å². The van der Waals surface area contributed by atoms with E-state index in [1.807, 2.05) is 0 Å². The van der Waals surface area contributed by atoms with Gasteiger partial charge in [-0.25, -0.2) is 4.39 Å². The Balaban J connectivity index is 0.000000810. The third-order valence-corrected chi connectivity index (χ3v) is 1.46. The highest BCUT2D eigenvalue weighted by Gasteiger charge is 1.95. The Kier molecular flexibility index (Phi) is 3.68. The van der Waals surface area contributed by atoms with E-state index in [4.69, 9.17) is 5.73 Å². The predicted molar refractivity (Wildman–Crippen MR) is 45.8 cm³/mol. The van der Waals surface area contributed by atoms with Crippen molar-refractivity contribution in [2.45, 2.75) is 0 Å². The minimum atomic E-state index is -0.385. The van der Waals surface area contributed by atoms with Gasteiger partial charge in [-0.3, -0.25) is 0 Å². The second-order valence-corrected chi connectivity index (χ2v) is 2.58. The SMILES string of the molecule is Cl.Nc1ccc(Br)cc1F. The number of nitrogens with two attached hydrogens (primary N) is 1. The van der Waals surface area contributed by atoms with E-state index in [9.17, 15) is 4.39 Å². The number of rotatable bonds is 0. The number of halogens is 3. The fourth-order valence-electron chi connectivity index (χ4n) is 0.502. The molecule has 0 fully saturated rings. The smallest absolute Gasteiger partial charge is 0.147 e. The Labute approximate surface area is 73.0 Å². The van der Waals surface area contributed by atoms with E-state index in [2.05, 4.69) is 15.9 Å². The van der Waals surface area contributed by atoms with Crippen LogP contribution in [0.1, 0.15) is 0 Å². The Hall–Kier alpha value is -0.280. The highest BCUT2D eigenvalue weighted by molar-refractivity contribution is 9.10. The van der Waals surface area contributed by atoms with E-state index in [1.165, 1.54) is 12.1 Å². The van der Waals surface area contributed by atoms with E-state index >= 15 is 0 Å². The first-order valence-electron chi connectivity index (χ1n) is 2.40. The second-order valence-electron chi connectivity index (χ2n) is 1.67. The highest BCUT2D eigenvalue weighted by Crippen LogP contribution is 2.15. The molecule has 0 radical (unpaired) electrons. The van der Waals surface area contributed by atoms with Crippen LogP contribution in [-0.2, 0) is 0 Å². The van der Waals surface area contributed by atoms with Crippen molar-refractivity contribution in [2.24, 2.45) is 0 Å². The molecule has 1 nitrogen and oxygen atoms in total. The molecule has 0 spiro atoms. The van der Waals surface area contributed by atoms with E-state index in [1.54, 1.807) is 6.07 Å². The van der Waals surface area contributed by atoms with Crippen LogP contribution in [0, 0.1) is 5.82 Å². The zero-order valence-corrected chi connectivity index (χ0v) is 7.38. The van der Waals surface area contributed by atoms with E-state index in [0.717, 1.165) is 0 Å². The van der Waals surface area contributed by atoms with Crippen LogP contribution < -0.4 is 5.73 Å². The minimum Gasteiger partial charge on any atom is -0.396 e. The number of hydrogen-bond acceptors (Lipinski definition) is 1. The van der Waals surface area contributed by atoms with Gasteiger partial charge < -0.3 is 5.73 Å². The predicted octanol–water partition coefficient (Wildman–Crippen LogP) is 2.59. The number of anilines is 1. The molecule has 0 bridgehead atoms. The quantitative estimate of drug-likeness (QED) is 0.676. The van der Waals surface area contributed by atoms with Gasteiger partial charge in [0.05, 0.1) is 5.69 Å². The molecular formula is C6H6BrClFN. The minimum absolute atomic E-state index is 0. The van der Waals surface area contributed by atoms with Gasteiger partial charge in [0, 0.05) is 4.47 Å². The van der Waals surface area contributed by atoms with Gasteiger partial charge in [0.1, 0.15) is 5.82 Å². The normalized spacial score (nSPS) is 8.60. The van der Waals surface area contributed by atoms with Crippen molar-refractivity contribution in [3.63, 3.8) is 0 Å². The Morgan fingerprint density at radius 2 is 2.00 bits per heavy atom. The van der Waals surface area contributed by atoms with Crippen LogP contribution in [-0.4, -0.2) is 0 Å². The van der Waals surface area contributed by atoms with Crippen LogP contribution in [0.2, 0.25) is 0 Å². The molecule has 56 valence electrons. The third kappa shape index (κ3) is 2.15. The monoisotopic (exact) mass is 225 g/mol. The first-order chi connectivity index (χ1) is 4.20. The summed E-state index contributed by atoms with van der Waals surface area (Å²) in [5.74, 6) is -0.385. The lowest BCUT2D eigenvalue weighted by molar-refractivity contribution is 0.631. The van der Waals surface area contributed by atoms with Gasteiger partial charge in [-0.2, -0.15) is 0 Å². The summed E-state index contributed by atoms with van der Waals surface area (Å²) in [4.78, 5) is 0. The number of nitrogen functional groups attached to an aromatic ring is 1. The molecule has 0 atom stereocenters. The van der Waals surface area contributed by atoms with Crippen molar-refractivity contribution < 1.29 is 4.39 Å². The first-order valence-corrected chi connectivity index (χ1v) is 3.20. The van der Waals surface area contributed by atoms with Crippen molar-refractivity contribution >= 4 is 34.0 Å². The van der Waals surface area contributed by atoms with E-state index < -0.39 is 0 Å². The number of benzene rings is 1. The summed E-state index contributed by atoms with van der Waals surface area (Å²) in [5.41, 5.74) is 5.37. The largest absolute Gasteiger partial charge is 0.396 e. The Morgan fingerprint density at radius 1 is 1.40 bits per heavy atom. The van der Waals surface area contributed by atoms with Crippen LogP contribution in [0.25, 0.3) is 0 Å². The summed E-state index contributed by atoms with van der Waals surface area (Å²) in [7, 11) is 0. The molecule has 0 saturated heterocycles. The fourth-order valence-corrected chi connectivity index (χ4v) is 0.835. The first kappa shape index (κ1) is 9.72. The van der Waals surface area contributed by atoms with Crippen molar-refractivity contribution in [2.75, 3.05) is 5.73 Å². The Bertz CT molecular complexity index is 229. The van der Waals surface area contributed by atoms with Gasteiger partial charge in [0.25, 0.3) is 0 Å². The van der Waals surface area contributed by atoms with Crippen LogP contribution in [0.4, 0.5) is 10.1 Å². The Morgan fingerprint density at radius 3 is 2.40 bits per heavy atom. The van der Waals surface area contributed by atoms with Crippen molar-refractivity contribution in [3.8, 4) is 0 Å². The molecule has 0 amide bonds. The maximum Gasteiger partial charge on any atom is 0.147 e. The molecule has 0 unspecified atom stereocenters. The average molecular weight is 226 g/mol. The molecule has 4 heteroatoms. The van der Waals surface area contributed by atoms with Gasteiger partial charge in [-0.15, -0.1) is 12.4 Å². The lowest BCUT2D eigenvalue weighted by atomic mass is 10.3. The summed E-state index contributed by atoms with van der Waals surface area (Å²) in [5, 5.41) is 0. The summed E-state index contributed by atoms with van der Waals surface area (Å²) >= 11 is 3.10. The van der Waals surface area contributed by atoms with Gasteiger partial charge >= 0.3 is 0 Å². The van der Waals surface area contributed by atoms with Gasteiger partial charge in [-0.05, 0) is 18.2 Å². The zero-order chi connectivity index (χ0) is 6.85. The molecule has 0 aliphatic carbocycles. The summed E-state index contributed by atoms with van der Waals surface area (Å²) in [6, 6.07) is 4.53. The average Bonchev–Trinajstić information content (AvgIpc) is 1.80.